The number of rotatable bonds is 2. The van der Waals surface area contributed by atoms with E-state index in [4.69, 9.17) is 25.8 Å². The molecule has 0 amide bonds. The highest BCUT2D eigenvalue weighted by Crippen LogP contribution is 2.30. The van der Waals surface area contributed by atoms with Crippen LogP contribution in [0.25, 0.3) is 0 Å². The molecule has 0 bridgehead atoms. The summed E-state index contributed by atoms with van der Waals surface area (Å²) in [7, 11) is 1.59. The Kier molecular flexibility index (Phi) is 3.46. The third kappa shape index (κ3) is 2.43. The number of ether oxygens (including phenoxy) is 3. The monoisotopic (exact) mass is 228 g/mol. The second kappa shape index (κ2) is 4.84. The van der Waals surface area contributed by atoms with Crippen LogP contribution in [0.1, 0.15) is 18.3 Å². The Morgan fingerprint density at radius 2 is 2.07 bits per heavy atom. The average Bonchev–Trinajstić information content (AvgIpc) is 2.30. The molecule has 1 saturated heterocycles. The van der Waals surface area contributed by atoms with Crippen molar-refractivity contribution in [2.75, 3.05) is 20.3 Å². The predicted molar refractivity (Wildman–Crippen MR) is 57.3 cm³/mol. The van der Waals surface area contributed by atoms with Crippen LogP contribution in [-0.2, 0) is 9.47 Å². The van der Waals surface area contributed by atoms with Crippen molar-refractivity contribution in [2.45, 2.75) is 12.7 Å². The molecular formula is C11H13ClO3. The molecule has 1 fully saturated rings. The van der Waals surface area contributed by atoms with Gasteiger partial charge in [0.25, 0.3) is 0 Å². The lowest BCUT2D eigenvalue weighted by molar-refractivity contribution is -0.183. The van der Waals surface area contributed by atoms with Gasteiger partial charge in [0, 0.05) is 5.56 Å². The minimum atomic E-state index is -0.290. The van der Waals surface area contributed by atoms with E-state index in [1.165, 1.54) is 0 Å². The van der Waals surface area contributed by atoms with Crippen molar-refractivity contribution in [3.05, 3.63) is 28.8 Å². The Morgan fingerprint density at radius 3 is 2.67 bits per heavy atom. The number of hydrogen-bond acceptors (Lipinski definition) is 3. The van der Waals surface area contributed by atoms with Gasteiger partial charge in [-0.05, 0) is 18.6 Å². The summed E-state index contributed by atoms with van der Waals surface area (Å²) in [5.41, 5.74) is 0.931. The van der Waals surface area contributed by atoms with Gasteiger partial charge < -0.3 is 14.2 Å². The van der Waals surface area contributed by atoms with Gasteiger partial charge in [0.1, 0.15) is 5.75 Å². The van der Waals surface area contributed by atoms with Crippen molar-refractivity contribution >= 4 is 11.6 Å². The zero-order chi connectivity index (χ0) is 10.7. The van der Waals surface area contributed by atoms with Crippen LogP contribution in [0.5, 0.6) is 5.75 Å². The van der Waals surface area contributed by atoms with Crippen molar-refractivity contribution in [2.24, 2.45) is 0 Å². The Balaban J connectivity index is 2.17. The fourth-order valence-electron chi connectivity index (χ4n) is 1.51. The molecule has 0 aliphatic carbocycles. The van der Waals surface area contributed by atoms with Gasteiger partial charge in [-0.25, -0.2) is 0 Å². The van der Waals surface area contributed by atoms with E-state index in [1.807, 2.05) is 18.2 Å². The zero-order valence-corrected chi connectivity index (χ0v) is 9.29. The lowest BCUT2D eigenvalue weighted by atomic mass is 10.2. The summed E-state index contributed by atoms with van der Waals surface area (Å²) in [5, 5.41) is 0.577. The molecule has 1 aliphatic rings. The van der Waals surface area contributed by atoms with Gasteiger partial charge in [-0.3, -0.25) is 0 Å². The summed E-state index contributed by atoms with van der Waals surface area (Å²) < 4.78 is 16.0. The van der Waals surface area contributed by atoms with Gasteiger partial charge in [-0.2, -0.15) is 0 Å². The first-order chi connectivity index (χ1) is 7.31. The second-order valence-electron chi connectivity index (χ2n) is 3.32. The lowest BCUT2D eigenvalue weighted by Gasteiger charge is -2.23. The van der Waals surface area contributed by atoms with Crippen LogP contribution in [0.2, 0.25) is 5.02 Å². The molecule has 82 valence electrons. The van der Waals surface area contributed by atoms with Crippen molar-refractivity contribution in [1.29, 1.82) is 0 Å². The molecule has 15 heavy (non-hydrogen) atoms. The van der Waals surface area contributed by atoms with Crippen LogP contribution in [-0.4, -0.2) is 20.3 Å². The van der Waals surface area contributed by atoms with Gasteiger partial charge in [-0.15, -0.1) is 0 Å². The van der Waals surface area contributed by atoms with Crippen LogP contribution >= 0.6 is 11.6 Å². The number of hydrogen-bond donors (Lipinski definition) is 0. The smallest absolute Gasteiger partial charge is 0.183 e. The molecule has 0 unspecified atom stereocenters. The minimum absolute atomic E-state index is 0.290. The summed E-state index contributed by atoms with van der Waals surface area (Å²) in [6, 6.07) is 5.54. The lowest BCUT2D eigenvalue weighted by Crippen LogP contribution is -2.17. The molecule has 0 aromatic heterocycles. The van der Waals surface area contributed by atoms with Crippen LogP contribution in [0, 0.1) is 0 Å². The largest absolute Gasteiger partial charge is 0.495 e. The molecule has 0 spiro atoms. The molecule has 1 heterocycles. The Hall–Kier alpha value is -0.770. The number of methoxy groups -OCH3 is 1. The summed E-state index contributed by atoms with van der Waals surface area (Å²) in [4.78, 5) is 0. The van der Waals surface area contributed by atoms with Crippen LogP contribution in [0.4, 0.5) is 0 Å². The molecule has 1 aliphatic heterocycles. The fourth-order valence-corrected chi connectivity index (χ4v) is 1.78. The van der Waals surface area contributed by atoms with E-state index in [2.05, 4.69) is 0 Å². The number of benzene rings is 1. The molecule has 3 nitrogen and oxygen atoms in total. The maximum absolute atomic E-state index is 6.01. The first-order valence-electron chi connectivity index (χ1n) is 4.88. The van der Waals surface area contributed by atoms with E-state index < -0.39 is 0 Å². The molecule has 4 heteroatoms. The van der Waals surface area contributed by atoms with Gasteiger partial charge in [0.15, 0.2) is 6.29 Å². The molecular weight excluding hydrogens is 216 g/mol. The first kappa shape index (κ1) is 10.7. The average molecular weight is 229 g/mol. The standard InChI is InChI=1S/C11H13ClO3/c1-13-10-4-3-8(7-9(10)12)11-14-5-2-6-15-11/h3-4,7,11H,2,5-6H2,1H3. The second-order valence-corrected chi connectivity index (χ2v) is 3.73. The number of halogens is 1. The minimum Gasteiger partial charge on any atom is -0.495 e. The first-order valence-corrected chi connectivity index (χ1v) is 5.25. The summed E-state index contributed by atoms with van der Waals surface area (Å²) in [6.07, 6.45) is 0.655. The van der Waals surface area contributed by atoms with Gasteiger partial charge in [-0.1, -0.05) is 17.7 Å². The van der Waals surface area contributed by atoms with Crippen LogP contribution in [0.15, 0.2) is 18.2 Å². The Labute approximate surface area is 93.9 Å². The highest BCUT2D eigenvalue weighted by Gasteiger charge is 2.17. The van der Waals surface area contributed by atoms with E-state index in [0.29, 0.717) is 10.8 Å². The maximum atomic E-state index is 6.01. The van der Waals surface area contributed by atoms with Crippen molar-refractivity contribution < 1.29 is 14.2 Å². The van der Waals surface area contributed by atoms with Crippen LogP contribution in [0.3, 0.4) is 0 Å². The molecule has 2 rings (SSSR count). The van der Waals surface area contributed by atoms with Gasteiger partial charge in [0.2, 0.25) is 0 Å². The predicted octanol–water partition coefficient (Wildman–Crippen LogP) is 2.78. The zero-order valence-electron chi connectivity index (χ0n) is 8.53. The molecule has 1 aromatic rings. The summed E-state index contributed by atoms with van der Waals surface area (Å²) in [6.45, 7) is 1.46. The molecule has 0 radical (unpaired) electrons. The van der Waals surface area contributed by atoms with Crippen molar-refractivity contribution in [3.8, 4) is 5.75 Å². The summed E-state index contributed by atoms with van der Waals surface area (Å²) >= 11 is 6.01. The van der Waals surface area contributed by atoms with Gasteiger partial charge in [0.05, 0.1) is 25.3 Å². The molecule has 0 atom stereocenters. The van der Waals surface area contributed by atoms with Crippen LogP contribution < -0.4 is 4.74 Å². The molecule has 0 saturated carbocycles. The molecule has 0 N–H and O–H groups in total. The van der Waals surface area contributed by atoms with E-state index in [1.54, 1.807) is 7.11 Å². The maximum Gasteiger partial charge on any atom is 0.183 e. The highest BCUT2D eigenvalue weighted by atomic mass is 35.5. The third-order valence-electron chi connectivity index (χ3n) is 2.28. The molecule has 1 aromatic carbocycles. The fraction of sp³-hybridized carbons (Fsp3) is 0.455. The normalized spacial score (nSPS) is 17.7. The summed E-state index contributed by atoms with van der Waals surface area (Å²) in [5.74, 6) is 0.663. The van der Waals surface area contributed by atoms with Gasteiger partial charge >= 0.3 is 0 Å². The highest BCUT2D eigenvalue weighted by molar-refractivity contribution is 6.32. The van der Waals surface area contributed by atoms with E-state index in [0.717, 1.165) is 25.2 Å². The van der Waals surface area contributed by atoms with E-state index in [-0.39, 0.29) is 6.29 Å². The van der Waals surface area contributed by atoms with E-state index in [9.17, 15) is 0 Å². The quantitative estimate of drug-likeness (QED) is 0.779. The van der Waals surface area contributed by atoms with Crippen molar-refractivity contribution in [3.63, 3.8) is 0 Å². The van der Waals surface area contributed by atoms with Crippen molar-refractivity contribution in [1.82, 2.24) is 0 Å². The third-order valence-corrected chi connectivity index (χ3v) is 2.57. The Morgan fingerprint density at radius 1 is 1.33 bits per heavy atom. The Bertz CT molecular complexity index is 335. The topological polar surface area (TPSA) is 27.7 Å². The van der Waals surface area contributed by atoms with E-state index >= 15 is 0 Å². The SMILES string of the molecule is COc1ccc(C2OCCCO2)cc1Cl.